The number of carbonyl (C=O) groups is 1. The number of benzene rings is 2. The number of nitrogens with two attached hydrogens (primary N) is 1. The van der Waals surface area contributed by atoms with Crippen LogP contribution in [-0.4, -0.2) is 32.8 Å². The largest absolute Gasteiger partial charge is 0.454 e. The number of pyridine rings is 1. The Morgan fingerprint density at radius 1 is 1.09 bits per heavy atom. The smallest absolute Gasteiger partial charge is 0.251 e. The normalized spacial score (nSPS) is 18.2. The maximum absolute atomic E-state index is 13.0. The third kappa shape index (κ3) is 3.98. The number of aryl methyl sites for hydroxylation is 1. The molecule has 1 saturated carbocycles. The number of aromatic nitrogens is 3. The van der Waals surface area contributed by atoms with Gasteiger partial charge >= 0.3 is 0 Å². The Kier molecular flexibility index (Phi) is 5.34. The van der Waals surface area contributed by atoms with Gasteiger partial charge in [0, 0.05) is 53.5 Å². The molecule has 1 amide bonds. The fourth-order valence-corrected chi connectivity index (χ4v) is 5.04. The van der Waals surface area contributed by atoms with Crippen LogP contribution in [0.1, 0.15) is 36.0 Å². The van der Waals surface area contributed by atoms with E-state index >= 15 is 0 Å². The summed E-state index contributed by atoms with van der Waals surface area (Å²) < 4.78 is 8.17. The van der Waals surface area contributed by atoms with Crippen LogP contribution < -0.4 is 11.1 Å². The summed E-state index contributed by atoms with van der Waals surface area (Å²) >= 11 is 0. The standard InChI is InChI=1S/C28H27N5O2/c1-33-25-10-9-18(14-20(25)16-31-33)26-15-24-27(35-26)21(11-12-30-24)17-5-4-6-19(13-17)28(34)32-23-8-3-2-7-22(23)29/h4-6,9-16,22-23H,2-3,7-8,29H2,1H3,(H,32,34). The van der Waals surface area contributed by atoms with E-state index in [-0.39, 0.29) is 18.0 Å². The number of fused-ring (bicyclic) bond motifs is 2. The Balaban J connectivity index is 1.33. The van der Waals surface area contributed by atoms with E-state index < -0.39 is 0 Å². The summed E-state index contributed by atoms with van der Waals surface area (Å²) in [7, 11) is 1.93. The molecule has 176 valence electrons. The number of nitrogens with one attached hydrogen (secondary N) is 1. The monoisotopic (exact) mass is 465 g/mol. The number of amides is 1. The van der Waals surface area contributed by atoms with Crippen LogP contribution in [0.15, 0.2) is 71.4 Å². The van der Waals surface area contributed by atoms with Gasteiger partial charge in [-0.05, 0) is 54.8 Å². The molecule has 0 spiro atoms. The van der Waals surface area contributed by atoms with Crippen molar-refractivity contribution in [3.8, 4) is 22.5 Å². The number of furan rings is 1. The van der Waals surface area contributed by atoms with Crippen LogP contribution in [0.4, 0.5) is 0 Å². The number of rotatable bonds is 4. The van der Waals surface area contributed by atoms with E-state index in [1.807, 2.05) is 66.5 Å². The predicted molar refractivity (Wildman–Crippen MR) is 137 cm³/mol. The molecule has 0 aliphatic heterocycles. The molecule has 1 aliphatic carbocycles. The lowest BCUT2D eigenvalue weighted by Gasteiger charge is -2.29. The second-order valence-corrected chi connectivity index (χ2v) is 9.33. The summed E-state index contributed by atoms with van der Waals surface area (Å²) in [5.41, 5.74) is 12.1. The number of nitrogens with zero attached hydrogens (tertiary/aromatic N) is 3. The van der Waals surface area contributed by atoms with Gasteiger partial charge in [0.1, 0.15) is 11.3 Å². The quantitative estimate of drug-likeness (QED) is 0.387. The number of carbonyl (C=O) groups excluding carboxylic acids is 1. The van der Waals surface area contributed by atoms with Crippen molar-refractivity contribution in [2.75, 3.05) is 0 Å². The molecule has 6 rings (SSSR count). The molecule has 2 unspecified atom stereocenters. The summed E-state index contributed by atoms with van der Waals surface area (Å²) in [5.74, 6) is 0.648. The van der Waals surface area contributed by atoms with Gasteiger partial charge in [-0.1, -0.05) is 25.0 Å². The van der Waals surface area contributed by atoms with Crippen molar-refractivity contribution in [2.24, 2.45) is 12.8 Å². The highest BCUT2D eigenvalue weighted by molar-refractivity contribution is 5.98. The van der Waals surface area contributed by atoms with Gasteiger partial charge in [-0.3, -0.25) is 14.5 Å². The van der Waals surface area contributed by atoms with Gasteiger partial charge in [0.05, 0.1) is 11.7 Å². The number of hydrogen-bond acceptors (Lipinski definition) is 5. The van der Waals surface area contributed by atoms with Gasteiger partial charge in [-0.15, -0.1) is 0 Å². The van der Waals surface area contributed by atoms with Crippen molar-refractivity contribution >= 4 is 27.9 Å². The second-order valence-electron chi connectivity index (χ2n) is 9.33. The maximum Gasteiger partial charge on any atom is 0.251 e. The number of hydrogen-bond donors (Lipinski definition) is 2. The molecule has 3 N–H and O–H groups in total. The molecule has 2 atom stereocenters. The summed E-state index contributed by atoms with van der Waals surface area (Å²) in [4.78, 5) is 17.5. The Morgan fingerprint density at radius 2 is 1.97 bits per heavy atom. The van der Waals surface area contributed by atoms with Crippen LogP contribution in [0, 0.1) is 0 Å². The van der Waals surface area contributed by atoms with Gasteiger partial charge in [0.15, 0.2) is 5.58 Å². The van der Waals surface area contributed by atoms with Gasteiger partial charge in [0.25, 0.3) is 5.91 Å². The molecule has 1 fully saturated rings. The minimum atomic E-state index is -0.0931. The van der Waals surface area contributed by atoms with Crippen molar-refractivity contribution in [1.29, 1.82) is 0 Å². The third-order valence-corrected chi connectivity index (χ3v) is 7.01. The average molecular weight is 466 g/mol. The molecule has 35 heavy (non-hydrogen) atoms. The van der Waals surface area contributed by atoms with E-state index in [0.717, 1.165) is 64.6 Å². The molecule has 1 aliphatic rings. The minimum Gasteiger partial charge on any atom is -0.454 e. The van der Waals surface area contributed by atoms with Crippen molar-refractivity contribution in [3.63, 3.8) is 0 Å². The van der Waals surface area contributed by atoms with Crippen molar-refractivity contribution in [3.05, 3.63) is 72.6 Å². The van der Waals surface area contributed by atoms with Crippen molar-refractivity contribution in [2.45, 2.75) is 37.8 Å². The first-order valence-electron chi connectivity index (χ1n) is 12.0. The van der Waals surface area contributed by atoms with E-state index in [4.69, 9.17) is 10.2 Å². The summed E-state index contributed by atoms with van der Waals surface area (Å²) in [6.07, 6.45) is 7.73. The third-order valence-electron chi connectivity index (χ3n) is 7.01. The summed E-state index contributed by atoms with van der Waals surface area (Å²) in [5, 5.41) is 8.51. The van der Waals surface area contributed by atoms with Gasteiger partial charge < -0.3 is 15.5 Å². The van der Waals surface area contributed by atoms with Crippen molar-refractivity contribution < 1.29 is 9.21 Å². The molecule has 7 nitrogen and oxygen atoms in total. The van der Waals surface area contributed by atoms with E-state index in [9.17, 15) is 4.79 Å². The molecule has 0 saturated heterocycles. The summed E-state index contributed by atoms with van der Waals surface area (Å²) in [6, 6.07) is 17.7. The molecular formula is C28H27N5O2. The SMILES string of the molecule is Cn1ncc2cc(-c3cc4nccc(-c5cccc(C(=O)NC6CCCCC6N)c5)c4o3)ccc21. The zero-order valence-electron chi connectivity index (χ0n) is 19.6. The fourth-order valence-electron chi connectivity index (χ4n) is 5.04. The van der Waals surface area contributed by atoms with Gasteiger partial charge in [-0.2, -0.15) is 5.10 Å². The van der Waals surface area contributed by atoms with E-state index in [1.165, 1.54) is 0 Å². The minimum absolute atomic E-state index is 0.0168. The molecular weight excluding hydrogens is 438 g/mol. The molecule has 3 aromatic heterocycles. The van der Waals surface area contributed by atoms with Crippen LogP contribution in [0.2, 0.25) is 0 Å². The maximum atomic E-state index is 13.0. The van der Waals surface area contributed by atoms with Crippen molar-refractivity contribution in [1.82, 2.24) is 20.1 Å². The van der Waals surface area contributed by atoms with Crippen LogP contribution in [0.25, 0.3) is 44.5 Å². The zero-order valence-corrected chi connectivity index (χ0v) is 19.6. The highest BCUT2D eigenvalue weighted by Crippen LogP contribution is 2.34. The fraction of sp³-hybridized carbons (Fsp3) is 0.250. The Labute approximate surface area is 202 Å². The lowest BCUT2D eigenvalue weighted by Crippen LogP contribution is -2.49. The summed E-state index contributed by atoms with van der Waals surface area (Å²) in [6.45, 7) is 0. The highest BCUT2D eigenvalue weighted by Gasteiger charge is 2.24. The zero-order chi connectivity index (χ0) is 23.9. The Morgan fingerprint density at radius 3 is 2.86 bits per heavy atom. The average Bonchev–Trinajstić information content (AvgIpc) is 3.49. The molecule has 0 radical (unpaired) electrons. The first-order valence-corrected chi connectivity index (χ1v) is 12.0. The van der Waals surface area contributed by atoms with Crippen LogP contribution in [0.5, 0.6) is 0 Å². The van der Waals surface area contributed by atoms with E-state index in [0.29, 0.717) is 11.1 Å². The Hall–Kier alpha value is -3.97. The molecule has 2 aromatic carbocycles. The van der Waals surface area contributed by atoms with Gasteiger partial charge in [-0.25, -0.2) is 0 Å². The second kappa shape index (κ2) is 8.67. The topological polar surface area (TPSA) is 99.0 Å². The molecule has 7 heteroatoms. The molecule has 3 heterocycles. The van der Waals surface area contributed by atoms with Gasteiger partial charge in [0.2, 0.25) is 0 Å². The molecule has 0 bridgehead atoms. The van der Waals surface area contributed by atoms with Crippen LogP contribution in [0.3, 0.4) is 0 Å². The first kappa shape index (κ1) is 21.6. The van der Waals surface area contributed by atoms with E-state index in [1.54, 1.807) is 6.20 Å². The lowest BCUT2D eigenvalue weighted by molar-refractivity contribution is 0.0921. The first-order chi connectivity index (χ1) is 17.1. The van der Waals surface area contributed by atoms with E-state index in [2.05, 4.69) is 21.5 Å². The van der Waals surface area contributed by atoms with Crippen LogP contribution in [-0.2, 0) is 7.05 Å². The molecule has 5 aromatic rings. The Bertz CT molecular complexity index is 1550. The van der Waals surface area contributed by atoms with Crippen LogP contribution >= 0.6 is 0 Å². The highest BCUT2D eigenvalue weighted by atomic mass is 16.3. The predicted octanol–water partition coefficient (Wildman–Crippen LogP) is 5.05. The lowest BCUT2D eigenvalue weighted by atomic mass is 9.91.